The minimum Gasteiger partial charge on any atom is -0.497 e. The summed E-state index contributed by atoms with van der Waals surface area (Å²) >= 11 is 0. The molecule has 4 heteroatoms. The van der Waals surface area contributed by atoms with Gasteiger partial charge >= 0.3 is 5.82 Å². The largest absolute Gasteiger partial charge is 0.519 e. The third-order valence-corrected chi connectivity index (χ3v) is 2.00. The van der Waals surface area contributed by atoms with Crippen LogP contribution in [-0.4, -0.2) is 7.11 Å². The van der Waals surface area contributed by atoms with Gasteiger partial charge in [0.1, 0.15) is 5.75 Å². The van der Waals surface area contributed by atoms with E-state index in [9.17, 15) is 4.79 Å². The Morgan fingerprint density at radius 2 is 1.87 bits per heavy atom. The van der Waals surface area contributed by atoms with Crippen molar-refractivity contribution >= 4 is 0 Å². The standard InChI is InChI=1S/C11H9O4/c1-7-10(15-11(12)14-7)8-3-5-9(13-2)6-4-8/h3-6H,1H2,2H3. The Morgan fingerprint density at radius 3 is 2.33 bits per heavy atom. The number of hydrogen-bond donors (Lipinski definition) is 0. The van der Waals surface area contributed by atoms with Crippen molar-refractivity contribution in [1.82, 2.24) is 0 Å². The Morgan fingerprint density at radius 1 is 1.20 bits per heavy atom. The van der Waals surface area contributed by atoms with Gasteiger partial charge in [-0.05, 0) is 24.3 Å². The van der Waals surface area contributed by atoms with Crippen LogP contribution in [0.4, 0.5) is 0 Å². The molecule has 1 aromatic carbocycles. The zero-order valence-corrected chi connectivity index (χ0v) is 8.15. The molecule has 15 heavy (non-hydrogen) atoms. The van der Waals surface area contributed by atoms with Crippen molar-refractivity contribution in [3.05, 3.63) is 47.6 Å². The Hall–Kier alpha value is -1.97. The van der Waals surface area contributed by atoms with Gasteiger partial charge in [-0.25, -0.2) is 4.79 Å². The van der Waals surface area contributed by atoms with Crippen LogP contribution < -0.4 is 10.6 Å². The fourth-order valence-electron chi connectivity index (χ4n) is 1.27. The van der Waals surface area contributed by atoms with Crippen molar-refractivity contribution in [2.24, 2.45) is 0 Å². The molecule has 0 aliphatic carbocycles. The molecule has 0 spiro atoms. The number of hydrogen-bond acceptors (Lipinski definition) is 4. The first-order valence-corrected chi connectivity index (χ1v) is 4.31. The van der Waals surface area contributed by atoms with E-state index in [-0.39, 0.29) is 5.76 Å². The predicted molar refractivity (Wildman–Crippen MR) is 53.7 cm³/mol. The molecule has 0 fully saturated rings. The Kier molecular flexibility index (Phi) is 2.33. The van der Waals surface area contributed by atoms with Gasteiger partial charge in [-0.1, -0.05) is 0 Å². The van der Waals surface area contributed by atoms with Crippen LogP contribution in [0, 0.1) is 6.92 Å². The molecule has 0 saturated heterocycles. The number of benzene rings is 1. The average Bonchev–Trinajstić information content (AvgIpc) is 2.58. The quantitative estimate of drug-likeness (QED) is 0.753. The zero-order chi connectivity index (χ0) is 10.8. The Labute approximate surface area is 86.1 Å². The van der Waals surface area contributed by atoms with Gasteiger partial charge in [0.15, 0.2) is 11.5 Å². The minimum absolute atomic E-state index is 0.227. The summed E-state index contributed by atoms with van der Waals surface area (Å²) in [5, 5.41) is 0. The summed E-state index contributed by atoms with van der Waals surface area (Å²) in [6.45, 7) is 3.57. The molecule has 1 radical (unpaired) electrons. The third kappa shape index (κ3) is 1.79. The SMILES string of the molecule is [CH2]c1oc(=O)oc1-c1ccc(OC)cc1. The van der Waals surface area contributed by atoms with Crippen LogP contribution in [0.2, 0.25) is 0 Å². The highest BCUT2D eigenvalue weighted by Crippen LogP contribution is 2.24. The van der Waals surface area contributed by atoms with E-state index >= 15 is 0 Å². The van der Waals surface area contributed by atoms with E-state index in [1.165, 1.54) is 0 Å². The van der Waals surface area contributed by atoms with Gasteiger partial charge in [0.2, 0.25) is 0 Å². The summed E-state index contributed by atoms with van der Waals surface area (Å²) in [5.41, 5.74) is 0.728. The highest BCUT2D eigenvalue weighted by Gasteiger charge is 2.10. The van der Waals surface area contributed by atoms with Gasteiger partial charge in [-0.2, -0.15) is 0 Å². The lowest BCUT2D eigenvalue weighted by molar-refractivity contribution is 0.385. The molecule has 0 aliphatic rings. The van der Waals surface area contributed by atoms with Crippen molar-refractivity contribution in [3.8, 4) is 17.1 Å². The van der Waals surface area contributed by atoms with Gasteiger partial charge in [0.05, 0.1) is 7.11 Å². The topological polar surface area (TPSA) is 52.6 Å². The maximum absolute atomic E-state index is 10.8. The second-order valence-electron chi connectivity index (χ2n) is 2.93. The minimum atomic E-state index is -0.745. The lowest BCUT2D eigenvalue weighted by Crippen LogP contribution is -1.85. The van der Waals surface area contributed by atoms with Crippen molar-refractivity contribution in [2.75, 3.05) is 7.11 Å². The van der Waals surface area contributed by atoms with E-state index in [0.29, 0.717) is 5.76 Å². The summed E-state index contributed by atoms with van der Waals surface area (Å²) in [6.07, 6.45) is 0. The molecule has 0 aliphatic heterocycles. The smallest absolute Gasteiger partial charge is 0.497 e. The van der Waals surface area contributed by atoms with Gasteiger partial charge < -0.3 is 13.6 Å². The summed E-state index contributed by atoms with van der Waals surface area (Å²) in [6, 6.07) is 7.06. The van der Waals surface area contributed by atoms with Gasteiger partial charge in [-0.15, -0.1) is 0 Å². The molecule has 2 rings (SSSR count). The maximum Gasteiger partial charge on any atom is 0.519 e. The molecule has 1 aromatic heterocycles. The van der Waals surface area contributed by atoms with Gasteiger partial charge in [0, 0.05) is 12.5 Å². The van der Waals surface area contributed by atoms with Crippen LogP contribution in [0.1, 0.15) is 5.76 Å². The molecule has 0 unspecified atom stereocenters. The lowest BCUT2D eigenvalue weighted by Gasteiger charge is -2.00. The van der Waals surface area contributed by atoms with Gasteiger partial charge in [-0.3, -0.25) is 0 Å². The van der Waals surface area contributed by atoms with Crippen LogP contribution in [0.5, 0.6) is 5.75 Å². The summed E-state index contributed by atoms with van der Waals surface area (Å²) in [5.74, 6) is 0.564. The first kappa shape index (κ1) is 9.58. The molecule has 0 amide bonds. The van der Waals surface area contributed by atoms with E-state index in [1.54, 1.807) is 31.4 Å². The first-order chi connectivity index (χ1) is 7.20. The fraction of sp³-hybridized carbons (Fsp3) is 0.0909. The number of ether oxygens (including phenoxy) is 1. The van der Waals surface area contributed by atoms with E-state index in [0.717, 1.165) is 11.3 Å². The predicted octanol–water partition coefficient (Wildman–Crippen LogP) is 2.09. The third-order valence-electron chi connectivity index (χ3n) is 2.00. The molecule has 0 N–H and O–H groups in total. The van der Waals surface area contributed by atoms with Crippen molar-refractivity contribution in [1.29, 1.82) is 0 Å². The van der Waals surface area contributed by atoms with Crippen molar-refractivity contribution in [2.45, 2.75) is 0 Å². The average molecular weight is 205 g/mol. The zero-order valence-electron chi connectivity index (χ0n) is 8.15. The van der Waals surface area contributed by atoms with Crippen LogP contribution >= 0.6 is 0 Å². The van der Waals surface area contributed by atoms with Crippen LogP contribution in [-0.2, 0) is 0 Å². The first-order valence-electron chi connectivity index (χ1n) is 4.31. The van der Waals surface area contributed by atoms with Crippen LogP contribution in [0.25, 0.3) is 11.3 Å². The Balaban J connectivity index is 2.45. The van der Waals surface area contributed by atoms with Crippen LogP contribution in [0.15, 0.2) is 37.9 Å². The Bertz CT molecular complexity index is 504. The lowest BCUT2D eigenvalue weighted by atomic mass is 10.1. The van der Waals surface area contributed by atoms with Crippen LogP contribution in [0.3, 0.4) is 0 Å². The van der Waals surface area contributed by atoms with Crippen molar-refractivity contribution in [3.63, 3.8) is 0 Å². The highest BCUT2D eigenvalue weighted by molar-refractivity contribution is 5.60. The molecule has 0 bridgehead atoms. The number of rotatable bonds is 2. The fourth-order valence-corrected chi connectivity index (χ4v) is 1.27. The molecule has 0 saturated carbocycles. The molecule has 2 aromatic rings. The molecule has 77 valence electrons. The molecular formula is C11H9O4. The molecular weight excluding hydrogens is 196 g/mol. The highest BCUT2D eigenvalue weighted by atomic mass is 16.6. The molecule has 1 heterocycles. The van der Waals surface area contributed by atoms with Crippen molar-refractivity contribution < 1.29 is 13.6 Å². The summed E-state index contributed by atoms with van der Waals surface area (Å²) < 4.78 is 14.5. The second-order valence-corrected chi connectivity index (χ2v) is 2.93. The number of methoxy groups -OCH3 is 1. The van der Waals surface area contributed by atoms with E-state index in [2.05, 4.69) is 11.3 Å². The summed E-state index contributed by atoms with van der Waals surface area (Å²) in [7, 11) is 1.58. The van der Waals surface area contributed by atoms with E-state index in [4.69, 9.17) is 9.15 Å². The molecule has 4 nitrogen and oxygen atoms in total. The summed E-state index contributed by atoms with van der Waals surface area (Å²) in [4.78, 5) is 10.8. The van der Waals surface area contributed by atoms with E-state index < -0.39 is 5.82 Å². The second kappa shape index (κ2) is 3.65. The monoisotopic (exact) mass is 205 g/mol. The normalized spacial score (nSPS) is 10.3. The van der Waals surface area contributed by atoms with Gasteiger partial charge in [0.25, 0.3) is 0 Å². The maximum atomic E-state index is 10.8. The molecule has 0 atom stereocenters. The van der Waals surface area contributed by atoms with E-state index in [1.807, 2.05) is 0 Å².